The van der Waals surface area contributed by atoms with Crippen molar-refractivity contribution in [1.82, 2.24) is 15.5 Å². The number of ether oxygens (including phenoxy) is 2. The number of methoxy groups -OCH3 is 1. The fraction of sp³-hybridized carbons (Fsp3) is 0.947. The van der Waals surface area contributed by atoms with Crippen molar-refractivity contribution in [3.8, 4) is 0 Å². The molecule has 7 heteroatoms. The molecule has 0 aromatic carbocycles. The minimum absolute atomic E-state index is 0. The van der Waals surface area contributed by atoms with Crippen molar-refractivity contribution in [2.45, 2.75) is 52.0 Å². The molecule has 0 unspecified atom stereocenters. The summed E-state index contributed by atoms with van der Waals surface area (Å²) in [5, 5.41) is 6.99. The predicted molar refractivity (Wildman–Crippen MR) is 119 cm³/mol. The zero-order valence-electron chi connectivity index (χ0n) is 17.1. The van der Waals surface area contributed by atoms with Gasteiger partial charge in [-0.15, -0.1) is 24.0 Å². The minimum atomic E-state index is 0. The first-order valence-corrected chi connectivity index (χ1v) is 9.85. The summed E-state index contributed by atoms with van der Waals surface area (Å²) in [6, 6.07) is 0. The fourth-order valence-electron chi connectivity index (χ4n) is 3.66. The van der Waals surface area contributed by atoms with E-state index in [1.807, 2.05) is 0 Å². The van der Waals surface area contributed by atoms with Gasteiger partial charge in [0.2, 0.25) is 0 Å². The molecule has 154 valence electrons. The van der Waals surface area contributed by atoms with E-state index >= 15 is 0 Å². The standard InChI is InChI=1S/C19H38N4O2.HI/c1-5-20-17(22-16-19(7-6-8-19)9-12-24-4)21-15-18(2,3)23-10-13-25-14-11-23;/h5-16H2,1-4H3,(H2,20,21,22);1H. The lowest BCUT2D eigenvalue weighted by Gasteiger charge is -2.42. The average molecular weight is 482 g/mol. The molecule has 0 spiro atoms. The average Bonchev–Trinajstić information content (AvgIpc) is 2.59. The normalized spacial score (nSPS) is 20.8. The van der Waals surface area contributed by atoms with Crippen molar-refractivity contribution in [2.24, 2.45) is 10.4 Å². The highest BCUT2D eigenvalue weighted by Gasteiger charge is 2.36. The van der Waals surface area contributed by atoms with Crippen LogP contribution in [0.3, 0.4) is 0 Å². The Morgan fingerprint density at radius 1 is 1.23 bits per heavy atom. The van der Waals surface area contributed by atoms with Gasteiger partial charge in [-0.05, 0) is 45.4 Å². The SMILES string of the molecule is CCNC(=NCC(C)(C)N1CCOCC1)NCC1(CCOC)CCC1.I. The maximum Gasteiger partial charge on any atom is 0.191 e. The molecule has 2 rings (SSSR count). The topological polar surface area (TPSA) is 58.1 Å². The summed E-state index contributed by atoms with van der Waals surface area (Å²) >= 11 is 0. The van der Waals surface area contributed by atoms with E-state index < -0.39 is 0 Å². The van der Waals surface area contributed by atoms with Gasteiger partial charge in [-0.2, -0.15) is 0 Å². The maximum absolute atomic E-state index is 5.47. The molecule has 6 nitrogen and oxygen atoms in total. The van der Waals surface area contributed by atoms with E-state index in [4.69, 9.17) is 14.5 Å². The van der Waals surface area contributed by atoms with Crippen molar-refractivity contribution in [1.29, 1.82) is 0 Å². The number of morpholine rings is 1. The van der Waals surface area contributed by atoms with Crippen LogP contribution >= 0.6 is 24.0 Å². The van der Waals surface area contributed by atoms with E-state index in [2.05, 4.69) is 36.3 Å². The number of nitrogens with zero attached hydrogens (tertiary/aromatic N) is 2. The Labute approximate surface area is 176 Å². The summed E-state index contributed by atoms with van der Waals surface area (Å²) in [5.74, 6) is 0.938. The van der Waals surface area contributed by atoms with Crippen molar-refractivity contribution in [3.63, 3.8) is 0 Å². The van der Waals surface area contributed by atoms with Gasteiger partial charge in [0.15, 0.2) is 5.96 Å². The van der Waals surface area contributed by atoms with Crippen molar-refractivity contribution >= 4 is 29.9 Å². The lowest BCUT2D eigenvalue weighted by Crippen LogP contribution is -2.52. The highest BCUT2D eigenvalue weighted by Crippen LogP contribution is 2.43. The van der Waals surface area contributed by atoms with Gasteiger partial charge < -0.3 is 20.1 Å². The van der Waals surface area contributed by atoms with E-state index in [1.54, 1.807) is 7.11 Å². The third-order valence-electron chi connectivity index (χ3n) is 5.72. The molecule has 0 aromatic rings. The Hall–Kier alpha value is -0.120. The van der Waals surface area contributed by atoms with Crippen molar-refractivity contribution < 1.29 is 9.47 Å². The molecular formula is C19H39IN4O2. The second-order valence-electron chi connectivity index (χ2n) is 8.06. The fourth-order valence-corrected chi connectivity index (χ4v) is 3.66. The first-order valence-electron chi connectivity index (χ1n) is 9.85. The Bertz CT molecular complexity index is 422. The number of aliphatic imine (C=N–C) groups is 1. The summed E-state index contributed by atoms with van der Waals surface area (Å²) in [4.78, 5) is 7.36. The number of rotatable bonds is 9. The van der Waals surface area contributed by atoms with Gasteiger partial charge in [0.05, 0.1) is 19.8 Å². The zero-order chi connectivity index (χ0) is 18.2. The van der Waals surface area contributed by atoms with Crippen LogP contribution in [0.1, 0.15) is 46.5 Å². The first-order chi connectivity index (χ1) is 12.0. The highest BCUT2D eigenvalue weighted by molar-refractivity contribution is 14.0. The van der Waals surface area contributed by atoms with Gasteiger partial charge in [0.1, 0.15) is 0 Å². The molecule has 2 aliphatic rings. The van der Waals surface area contributed by atoms with Gasteiger partial charge >= 0.3 is 0 Å². The van der Waals surface area contributed by atoms with E-state index in [9.17, 15) is 0 Å². The van der Waals surface area contributed by atoms with Crippen molar-refractivity contribution in [3.05, 3.63) is 0 Å². The second-order valence-corrected chi connectivity index (χ2v) is 8.06. The van der Waals surface area contributed by atoms with Gasteiger partial charge in [-0.25, -0.2) is 0 Å². The summed E-state index contributed by atoms with van der Waals surface area (Å²) in [7, 11) is 1.79. The summed E-state index contributed by atoms with van der Waals surface area (Å²) in [6.45, 7) is 13.8. The molecular weight excluding hydrogens is 443 g/mol. The molecule has 2 N–H and O–H groups in total. The molecule has 1 aliphatic heterocycles. The molecule has 1 saturated heterocycles. The lowest BCUT2D eigenvalue weighted by molar-refractivity contribution is -0.00685. The van der Waals surface area contributed by atoms with Crippen LogP contribution in [-0.2, 0) is 9.47 Å². The smallest absolute Gasteiger partial charge is 0.191 e. The van der Waals surface area contributed by atoms with Crippen LogP contribution < -0.4 is 10.6 Å². The van der Waals surface area contributed by atoms with Crippen LogP contribution in [0, 0.1) is 5.41 Å². The number of nitrogens with one attached hydrogen (secondary N) is 2. The molecule has 0 aromatic heterocycles. The van der Waals surface area contributed by atoms with E-state index in [0.717, 1.165) is 64.9 Å². The molecule has 1 heterocycles. The molecule has 0 amide bonds. The van der Waals surface area contributed by atoms with Crippen LogP contribution in [0.4, 0.5) is 0 Å². The summed E-state index contributed by atoms with van der Waals surface area (Å²) < 4.78 is 10.8. The predicted octanol–water partition coefficient (Wildman–Crippen LogP) is 2.48. The molecule has 26 heavy (non-hydrogen) atoms. The minimum Gasteiger partial charge on any atom is -0.385 e. The monoisotopic (exact) mass is 482 g/mol. The van der Waals surface area contributed by atoms with Crippen LogP contribution in [0.25, 0.3) is 0 Å². The molecule has 2 fully saturated rings. The van der Waals surface area contributed by atoms with E-state index in [1.165, 1.54) is 19.3 Å². The van der Waals surface area contributed by atoms with Gasteiger partial charge in [0, 0.05) is 45.4 Å². The lowest BCUT2D eigenvalue weighted by atomic mass is 9.67. The Kier molecular flexibility index (Phi) is 10.7. The molecule has 1 saturated carbocycles. The molecule has 1 aliphatic carbocycles. The van der Waals surface area contributed by atoms with Crippen LogP contribution in [0.5, 0.6) is 0 Å². The summed E-state index contributed by atoms with van der Waals surface area (Å²) in [5.41, 5.74) is 0.447. The number of halogens is 1. The second kappa shape index (κ2) is 11.7. The molecule has 0 bridgehead atoms. The van der Waals surface area contributed by atoms with E-state index in [0.29, 0.717) is 5.41 Å². The quantitative estimate of drug-likeness (QED) is 0.301. The van der Waals surface area contributed by atoms with Gasteiger partial charge in [0.25, 0.3) is 0 Å². The molecule has 0 radical (unpaired) electrons. The van der Waals surface area contributed by atoms with Crippen LogP contribution in [0.2, 0.25) is 0 Å². The Morgan fingerprint density at radius 3 is 2.46 bits per heavy atom. The zero-order valence-corrected chi connectivity index (χ0v) is 19.4. The maximum atomic E-state index is 5.47. The Morgan fingerprint density at radius 2 is 1.92 bits per heavy atom. The third-order valence-corrected chi connectivity index (χ3v) is 5.72. The number of hydrogen-bond acceptors (Lipinski definition) is 4. The number of guanidine groups is 1. The Balaban J connectivity index is 0.00000338. The van der Waals surface area contributed by atoms with Crippen molar-refractivity contribution in [2.75, 3.05) is 59.7 Å². The highest BCUT2D eigenvalue weighted by atomic mass is 127. The van der Waals surface area contributed by atoms with Crippen LogP contribution in [-0.4, -0.2) is 76.1 Å². The first kappa shape index (κ1) is 23.9. The number of hydrogen-bond donors (Lipinski definition) is 2. The van der Waals surface area contributed by atoms with Crippen LogP contribution in [0.15, 0.2) is 4.99 Å². The van der Waals surface area contributed by atoms with E-state index in [-0.39, 0.29) is 29.5 Å². The van der Waals surface area contributed by atoms with Gasteiger partial charge in [-0.1, -0.05) is 6.42 Å². The third kappa shape index (κ3) is 7.13. The molecule has 0 atom stereocenters. The largest absolute Gasteiger partial charge is 0.385 e. The summed E-state index contributed by atoms with van der Waals surface area (Å²) in [6.07, 6.45) is 5.06. The van der Waals surface area contributed by atoms with Gasteiger partial charge in [-0.3, -0.25) is 9.89 Å².